The van der Waals surface area contributed by atoms with E-state index in [2.05, 4.69) is 27.9 Å². The lowest BCUT2D eigenvalue weighted by Crippen LogP contribution is -2.49. The molecular weight excluding hydrogens is 486 g/mol. The standard InChI is InChI=1S/C29H33N3O6/c1-18-15-19(38-32-18)13-14-30-27(34)25(16-26(33)37-29(2,3)4)31-28(35)36-17-24-22-11-7-5-9-20(22)21-10-6-8-12-23(21)24/h5-12,15,24-25H,13-14,16-17H2,1-4H3,(H,30,34)(H,31,35)/t25-/m0/s1. The van der Waals surface area contributed by atoms with E-state index in [1.54, 1.807) is 33.8 Å². The fourth-order valence-electron chi connectivity index (χ4n) is 4.51. The van der Waals surface area contributed by atoms with E-state index in [1.165, 1.54) is 0 Å². The number of hydrogen-bond acceptors (Lipinski definition) is 7. The zero-order chi connectivity index (χ0) is 27.3. The molecule has 1 atom stereocenters. The van der Waals surface area contributed by atoms with Crippen LogP contribution in [0.2, 0.25) is 0 Å². The van der Waals surface area contributed by atoms with Crippen molar-refractivity contribution in [2.75, 3.05) is 13.2 Å². The number of esters is 1. The molecule has 38 heavy (non-hydrogen) atoms. The number of nitrogens with zero attached hydrogens (tertiary/aromatic N) is 1. The topological polar surface area (TPSA) is 120 Å². The van der Waals surface area contributed by atoms with Crippen molar-refractivity contribution in [3.8, 4) is 11.1 Å². The molecule has 2 aromatic carbocycles. The normalized spacial score (nSPS) is 13.3. The van der Waals surface area contributed by atoms with Gasteiger partial charge in [0.25, 0.3) is 0 Å². The van der Waals surface area contributed by atoms with E-state index in [1.807, 2.05) is 36.4 Å². The molecule has 2 amide bonds. The molecule has 0 fully saturated rings. The first-order valence-corrected chi connectivity index (χ1v) is 12.6. The zero-order valence-electron chi connectivity index (χ0n) is 22.1. The lowest BCUT2D eigenvalue weighted by molar-refractivity contribution is -0.156. The first-order chi connectivity index (χ1) is 18.1. The first kappa shape index (κ1) is 26.9. The van der Waals surface area contributed by atoms with Crippen LogP contribution in [0.4, 0.5) is 4.79 Å². The van der Waals surface area contributed by atoms with Gasteiger partial charge in [0.05, 0.1) is 12.1 Å². The summed E-state index contributed by atoms with van der Waals surface area (Å²) < 4.78 is 16.1. The minimum atomic E-state index is -1.17. The molecule has 1 aliphatic carbocycles. The van der Waals surface area contributed by atoms with Gasteiger partial charge in [0.1, 0.15) is 24.0 Å². The molecule has 1 aliphatic rings. The second kappa shape index (κ2) is 11.5. The highest BCUT2D eigenvalue weighted by atomic mass is 16.6. The van der Waals surface area contributed by atoms with E-state index < -0.39 is 29.6 Å². The summed E-state index contributed by atoms with van der Waals surface area (Å²) in [6.45, 7) is 7.34. The summed E-state index contributed by atoms with van der Waals surface area (Å²) >= 11 is 0. The fourth-order valence-corrected chi connectivity index (χ4v) is 4.51. The Morgan fingerprint density at radius 2 is 1.66 bits per heavy atom. The molecule has 200 valence electrons. The molecule has 0 spiro atoms. The van der Waals surface area contributed by atoms with E-state index in [-0.39, 0.29) is 25.5 Å². The lowest BCUT2D eigenvalue weighted by atomic mass is 9.98. The Morgan fingerprint density at radius 3 is 2.24 bits per heavy atom. The zero-order valence-corrected chi connectivity index (χ0v) is 22.1. The van der Waals surface area contributed by atoms with Gasteiger partial charge in [-0.1, -0.05) is 53.7 Å². The summed E-state index contributed by atoms with van der Waals surface area (Å²) in [7, 11) is 0. The summed E-state index contributed by atoms with van der Waals surface area (Å²) in [4.78, 5) is 38.2. The maximum absolute atomic E-state index is 12.9. The quantitative estimate of drug-likeness (QED) is 0.405. The number of carbonyl (C=O) groups is 3. The van der Waals surface area contributed by atoms with Gasteiger partial charge in [-0.15, -0.1) is 0 Å². The summed E-state index contributed by atoms with van der Waals surface area (Å²) in [6, 6.07) is 16.6. The summed E-state index contributed by atoms with van der Waals surface area (Å²) in [5.74, 6) is -0.643. The predicted octanol–water partition coefficient (Wildman–Crippen LogP) is 4.28. The molecule has 0 aliphatic heterocycles. The summed E-state index contributed by atoms with van der Waals surface area (Å²) in [5, 5.41) is 9.10. The minimum absolute atomic E-state index is 0.0888. The van der Waals surface area contributed by atoms with Gasteiger partial charge in [0.15, 0.2) is 0 Å². The van der Waals surface area contributed by atoms with E-state index in [4.69, 9.17) is 14.0 Å². The number of hydrogen-bond donors (Lipinski definition) is 2. The average Bonchev–Trinajstić information content (AvgIpc) is 3.41. The summed E-state index contributed by atoms with van der Waals surface area (Å²) in [5.41, 5.74) is 4.39. The fraction of sp³-hybridized carbons (Fsp3) is 0.379. The van der Waals surface area contributed by atoms with Crippen molar-refractivity contribution in [2.24, 2.45) is 0 Å². The van der Waals surface area contributed by atoms with Gasteiger partial charge >= 0.3 is 12.1 Å². The highest BCUT2D eigenvalue weighted by Crippen LogP contribution is 2.44. The molecule has 0 saturated heterocycles. The van der Waals surface area contributed by atoms with Crippen LogP contribution in [-0.4, -0.2) is 47.9 Å². The van der Waals surface area contributed by atoms with Crippen molar-refractivity contribution < 1.29 is 28.4 Å². The third kappa shape index (κ3) is 6.79. The van der Waals surface area contributed by atoms with Crippen LogP contribution < -0.4 is 10.6 Å². The van der Waals surface area contributed by atoms with Crippen molar-refractivity contribution >= 4 is 18.0 Å². The molecule has 0 saturated carbocycles. The number of nitrogens with one attached hydrogen (secondary N) is 2. The molecule has 0 radical (unpaired) electrons. The van der Waals surface area contributed by atoms with Gasteiger partial charge in [0, 0.05) is 24.9 Å². The Kier molecular flexibility index (Phi) is 8.14. The number of ether oxygens (including phenoxy) is 2. The van der Waals surface area contributed by atoms with E-state index in [0.717, 1.165) is 27.9 Å². The minimum Gasteiger partial charge on any atom is -0.460 e. The lowest BCUT2D eigenvalue weighted by Gasteiger charge is -2.23. The monoisotopic (exact) mass is 519 g/mol. The van der Waals surface area contributed by atoms with Crippen LogP contribution in [0.25, 0.3) is 11.1 Å². The van der Waals surface area contributed by atoms with Crippen LogP contribution in [0.5, 0.6) is 0 Å². The van der Waals surface area contributed by atoms with Crippen LogP contribution in [-0.2, 0) is 25.5 Å². The number of carbonyl (C=O) groups excluding carboxylic acids is 3. The second-order valence-electron chi connectivity index (χ2n) is 10.3. The highest BCUT2D eigenvalue weighted by Gasteiger charge is 2.31. The third-order valence-corrected chi connectivity index (χ3v) is 6.09. The molecule has 9 heteroatoms. The number of aryl methyl sites for hydroxylation is 1. The van der Waals surface area contributed by atoms with E-state index >= 15 is 0 Å². The van der Waals surface area contributed by atoms with Gasteiger partial charge in [-0.05, 0) is 49.9 Å². The maximum Gasteiger partial charge on any atom is 0.407 e. The highest BCUT2D eigenvalue weighted by molar-refractivity contribution is 5.89. The number of aromatic nitrogens is 1. The van der Waals surface area contributed by atoms with E-state index in [9.17, 15) is 14.4 Å². The molecule has 0 bridgehead atoms. The van der Waals surface area contributed by atoms with Gasteiger partial charge < -0.3 is 24.6 Å². The smallest absolute Gasteiger partial charge is 0.407 e. The largest absolute Gasteiger partial charge is 0.460 e. The Morgan fingerprint density at radius 1 is 1.03 bits per heavy atom. The van der Waals surface area contributed by atoms with Gasteiger partial charge in [-0.25, -0.2) is 4.79 Å². The molecule has 1 heterocycles. The van der Waals surface area contributed by atoms with Crippen LogP contribution >= 0.6 is 0 Å². The summed E-state index contributed by atoms with van der Waals surface area (Å²) in [6.07, 6.45) is -0.716. The molecule has 3 aromatic rings. The van der Waals surface area contributed by atoms with Crippen LogP contribution in [0.1, 0.15) is 55.7 Å². The molecule has 2 N–H and O–H groups in total. The van der Waals surface area contributed by atoms with Crippen molar-refractivity contribution in [1.29, 1.82) is 0 Å². The van der Waals surface area contributed by atoms with Crippen molar-refractivity contribution in [3.05, 3.63) is 77.2 Å². The number of amides is 2. The van der Waals surface area contributed by atoms with Gasteiger partial charge in [-0.2, -0.15) is 0 Å². The van der Waals surface area contributed by atoms with E-state index in [0.29, 0.717) is 12.2 Å². The first-order valence-electron chi connectivity index (χ1n) is 12.6. The van der Waals surface area contributed by atoms with Gasteiger partial charge in [0.2, 0.25) is 5.91 Å². The van der Waals surface area contributed by atoms with Crippen molar-refractivity contribution in [3.63, 3.8) is 0 Å². The van der Waals surface area contributed by atoms with Crippen LogP contribution in [0, 0.1) is 6.92 Å². The Bertz CT molecular complexity index is 1260. The van der Waals surface area contributed by atoms with Crippen molar-refractivity contribution in [1.82, 2.24) is 15.8 Å². The third-order valence-electron chi connectivity index (χ3n) is 6.09. The van der Waals surface area contributed by atoms with Gasteiger partial charge in [-0.3, -0.25) is 9.59 Å². The molecular formula is C29H33N3O6. The number of alkyl carbamates (subject to hydrolysis) is 1. The SMILES string of the molecule is Cc1cc(CCNC(=O)[C@H](CC(=O)OC(C)(C)C)NC(=O)OCC2c3ccccc3-c3ccccc32)on1. The molecule has 1 aromatic heterocycles. The Labute approximate surface area is 221 Å². The Hall–Kier alpha value is -4.14. The number of rotatable bonds is 9. The van der Waals surface area contributed by atoms with Crippen LogP contribution in [0.3, 0.4) is 0 Å². The number of fused-ring (bicyclic) bond motifs is 3. The predicted molar refractivity (Wildman–Crippen MR) is 140 cm³/mol. The molecule has 4 rings (SSSR count). The molecule has 9 nitrogen and oxygen atoms in total. The Balaban J connectivity index is 1.39. The number of benzene rings is 2. The average molecular weight is 520 g/mol. The second-order valence-corrected chi connectivity index (χ2v) is 10.3. The molecule has 0 unspecified atom stereocenters. The maximum atomic E-state index is 12.9. The van der Waals surface area contributed by atoms with Crippen molar-refractivity contribution in [2.45, 2.75) is 58.1 Å². The van der Waals surface area contributed by atoms with Crippen LogP contribution in [0.15, 0.2) is 59.1 Å².